The van der Waals surface area contributed by atoms with Crippen molar-refractivity contribution in [1.29, 1.82) is 0 Å². The number of nitrogens with one attached hydrogen (secondary N) is 1. The third-order valence-electron chi connectivity index (χ3n) is 5.16. The molecule has 1 N–H and O–H groups in total. The van der Waals surface area contributed by atoms with E-state index in [1.165, 1.54) is 12.8 Å². The van der Waals surface area contributed by atoms with Crippen molar-refractivity contribution in [2.75, 3.05) is 26.2 Å². The summed E-state index contributed by atoms with van der Waals surface area (Å²) in [6.07, 6.45) is 4.66. The average molecular weight is 326 g/mol. The highest BCUT2D eigenvalue weighted by Gasteiger charge is 2.30. The standard InChI is InChI=1S/C18H22N4O2/c23-17-14-7-1-2-8-15(14)19-16(20-17)18(24)22-11-5-6-13(12-22)21-9-3-4-10-21/h1-2,7-8,13H,3-6,9-12H2,(H,19,20,23). The topological polar surface area (TPSA) is 69.3 Å². The number of hydrogen-bond donors (Lipinski definition) is 1. The van der Waals surface area contributed by atoms with Crippen molar-refractivity contribution in [3.05, 3.63) is 40.4 Å². The van der Waals surface area contributed by atoms with Crippen molar-refractivity contribution in [2.45, 2.75) is 31.7 Å². The summed E-state index contributed by atoms with van der Waals surface area (Å²) in [5.41, 5.74) is 0.315. The van der Waals surface area contributed by atoms with Crippen LogP contribution in [0.15, 0.2) is 29.1 Å². The van der Waals surface area contributed by atoms with Gasteiger partial charge in [0.25, 0.3) is 11.5 Å². The van der Waals surface area contributed by atoms with Crippen molar-refractivity contribution in [3.63, 3.8) is 0 Å². The molecule has 0 saturated carbocycles. The first-order chi connectivity index (χ1) is 11.7. The maximum atomic E-state index is 12.8. The molecule has 1 amide bonds. The number of aromatic nitrogens is 2. The molecule has 1 aromatic heterocycles. The number of para-hydroxylation sites is 1. The van der Waals surface area contributed by atoms with E-state index < -0.39 is 0 Å². The molecule has 2 fully saturated rings. The van der Waals surface area contributed by atoms with Gasteiger partial charge in [-0.25, -0.2) is 4.98 Å². The summed E-state index contributed by atoms with van der Waals surface area (Å²) in [6.45, 7) is 3.74. The summed E-state index contributed by atoms with van der Waals surface area (Å²) in [7, 11) is 0. The Morgan fingerprint density at radius 1 is 1.12 bits per heavy atom. The SMILES string of the molecule is O=C(c1nc2ccccc2c(=O)[nH]1)N1CCCC(N2CCCC2)C1. The highest BCUT2D eigenvalue weighted by atomic mass is 16.2. The Kier molecular flexibility index (Phi) is 4.06. The van der Waals surface area contributed by atoms with Crippen LogP contribution in [0.1, 0.15) is 36.3 Å². The van der Waals surface area contributed by atoms with Crippen LogP contribution in [-0.2, 0) is 0 Å². The number of aromatic amines is 1. The van der Waals surface area contributed by atoms with Gasteiger partial charge in [0.2, 0.25) is 0 Å². The second-order valence-corrected chi connectivity index (χ2v) is 6.72. The molecule has 0 radical (unpaired) electrons. The minimum absolute atomic E-state index is 0.153. The molecule has 2 aliphatic heterocycles. The number of hydrogen-bond acceptors (Lipinski definition) is 4. The van der Waals surface area contributed by atoms with Gasteiger partial charge in [0.1, 0.15) is 0 Å². The number of nitrogens with zero attached hydrogens (tertiary/aromatic N) is 3. The largest absolute Gasteiger partial charge is 0.334 e. The third kappa shape index (κ3) is 2.82. The van der Waals surface area contributed by atoms with Gasteiger partial charge in [-0.3, -0.25) is 14.5 Å². The van der Waals surface area contributed by atoms with Gasteiger partial charge >= 0.3 is 0 Å². The second kappa shape index (κ2) is 6.36. The Balaban J connectivity index is 1.57. The predicted octanol–water partition coefficient (Wildman–Crippen LogP) is 1.62. The van der Waals surface area contributed by atoms with Crippen LogP contribution in [0, 0.1) is 0 Å². The van der Waals surface area contributed by atoms with Crippen molar-refractivity contribution in [3.8, 4) is 0 Å². The number of rotatable bonds is 2. The molecule has 126 valence electrons. The fraction of sp³-hybridized carbons (Fsp3) is 0.500. The minimum atomic E-state index is -0.253. The Hall–Kier alpha value is -2.21. The molecule has 2 aliphatic rings. The van der Waals surface area contributed by atoms with E-state index in [-0.39, 0.29) is 17.3 Å². The lowest BCUT2D eigenvalue weighted by Crippen LogP contribution is -2.49. The Morgan fingerprint density at radius 2 is 1.92 bits per heavy atom. The first-order valence-electron chi connectivity index (χ1n) is 8.75. The van der Waals surface area contributed by atoms with E-state index in [0.717, 1.165) is 39.0 Å². The van der Waals surface area contributed by atoms with Gasteiger partial charge in [0, 0.05) is 19.1 Å². The molecule has 1 atom stereocenters. The molecule has 24 heavy (non-hydrogen) atoms. The number of carbonyl (C=O) groups is 1. The Labute approximate surface area is 140 Å². The van der Waals surface area contributed by atoms with Gasteiger partial charge in [0.05, 0.1) is 10.9 Å². The molecule has 0 aliphatic carbocycles. The zero-order valence-electron chi connectivity index (χ0n) is 13.7. The normalized spacial score (nSPS) is 22.2. The molecular formula is C18H22N4O2. The van der Waals surface area contributed by atoms with Crippen LogP contribution in [-0.4, -0.2) is 57.9 Å². The first kappa shape index (κ1) is 15.3. The molecule has 2 aromatic rings. The number of piperidine rings is 1. The van der Waals surface area contributed by atoms with E-state index >= 15 is 0 Å². The molecule has 2 saturated heterocycles. The van der Waals surface area contributed by atoms with E-state index in [4.69, 9.17) is 0 Å². The summed E-state index contributed by atoms with van der Waals surface area (Å²) in [5, 5.41) is 0.516. The van der Waals surface area contributed by atoms with E-state index in [1.54, 1.807) is 18.2 Å². The molecule has 1 aromatic carbocycles. The molecule has 1 unspecified atom stereocenters. The molecule has 4 rings (SSSR count). The maximum absolute atomic E-state index is 12.8. The quantitative estimate of drug-likeness (QED) is 0.910. The molecular weight excluding hydrogens is 304 g/mol. The maximum Gasteiger partial charge on any atom is 0.289 e. The lowest BCUT2D eigenvalue weighted by Gasteiger charge is -2.37. The fourth-order valence-corrected chi connectivity index (χ4v) is 3.88. The minimum Gasteiger partial charge on any atom is -0.334 e. The summed E-state index contributed by atoms with van der Waals surface area (Å²) in [6, 6.07) is 7.56. The zero-order chi connectivity index (χ0) is 16.5. The van der Waals surface area contributed by atoms with E-state index in [0.29, 0.717) is 16.9 Å². The van der Waals surface area contributed by atoms with Crippen LogP contribution in [0.3, 0.4) is 0 Å². The highest BCUT2D eigenvalue weighted by molar-refractivity contribution is 5.92. The molecule has 0 bridgehead atoms. The lowest BCUT2D eigenvalue weighted by molar-refractivity contribution is 0.0596. The van der Waals surface area contributed by atoms with Crippen molar-refractivity contribution < 1.29 is 4.79 Å². The molecule has 3 heterocycles. The zero-order valence-corrected chi connectivity index (χ0v) is 13.7. The monoisotopic (exact) mass is 326 g/mol. The van der Waals surface area contributed by atoms with Gasteiger partial charge in [-0.15, -0.1) is 0 Å². The van der Waals surface area contributed by atoms with E-state index in [2.05, 4.69) is 14.9 Å². The third-order valence-corrected chi connectivity index (χ3v) is 5.16. The van der Waals surface area contributed by atoms with Crippen molar-refractivity contribution >= 4 is 16.8 Å². The second-order valence-electron chi connectivity index (χ2n) is 6.72. The molecule has 6 heteroatoms. The fourth-order valence-electron chi connectivity index (χ4n) is 3.88. The molecule has 6 nitrogen and oxygen atoms in total. The number of H-pyrrole nitrogens is 1. The Morgan fingerprint density at radius 3 is 2.75 bits per heavy atom. The van der Waals surface area contributed by atoms with Gasteiger partial charge in [-0.2, -0.15) is 0 Å². The number of fused-ring (bicyclic) bond motifs is 1. The van der Waals surface area contributed by atoms with E-state index in [1.807, 2.05) is 11.0 Å². The van der Waals surface area contributed by atoms with Gasteiger partial charge < -0.3 is 9.88 Å². The van der Waals surface area contributed by atoms with Crippen LogP contribution in [0.25, 0.3) is 10.9 Å². The van der Waals surface area contributed by atoms with Crippen LogP contribution >= 0.6 is 0 Å². The van der Waals surface area contributed by atoms with Crippen LogP contribution in [0.5, 0.6) is 0 Å². The van der Waals surface area contributed by atoms with Gasteiger partial charge in [0.15, 0.2) is 5.82 Å². The first-order valence-corrected chi connectivity index (χ1v) is 8.75. The van der Waals surface area contributed by atoms with Crippen LogP contribution in [0.4, 0.5) is 0 Å². The van der Waals surface area contributed by atoms with Gasteiger partial charge in [-0.1, -0.05) is 12.1 Å². The summed E-state index contributed by atoms with van der Waals surface area (Å²) >= 11 is 0. The predicted molar refractivity (Wildman–Crippen MR) is 92.1 cm³/mol. The van der Waals surface area contributed by atoms with E-state index in [9.17, 15) is 9.59 Å². The average Bonchev–Trinajstić information content (AvgIpc) is 3.16. The number of benzene rings is 1. The smallest absolute Gasteiger partial charge is 0.289 e. The lowest BCUT2D eigenvalue weighted by atomic mass is 10.0. The summed E-state index contributed by atoms with van der Waals surface area (Å²) in [5.74, 6) is -0.0116. The number of carbonyl (C=O) groups excluding carboxylic acids is 1. The summed E-state index contributed by atoms with van der Waals surface area (Å²) < 4.78 is 0. The molecule has 0 spiro atoms. The van der Waals surface area contributed by atoms with Crippen molar-refractivity contribution in [1.82, 2.24) is 19.8 Å². The number of likely N-dealkylation sites (tertiary alicyclic amines) is 2. The number of amides is 1. The van der Waals surface area contributed by atoms with Crippen molar-refractivity contribution in [2.24, 2.45) is 0 Å². The highest BCUT2D eigenvalue weighted by Crippen LogP contribution is 2.21. The van der Waals surface area contributed by atoms with Crippen LogP contribution < -0.4 is 5.56 Å². The van der Waals surface area contributed by atoms with Gasteiger partial charge in [-0.05, 0) is 50.9 Å². The summed E-state index contributed by atoms with van der Waals surface area (Å²) in [4.78, 5) is 36.4. The Bertz CT molecular complexity index is 810. The van der Waals surface area contributed by atoms with Crippen LogP contribution in [0.2, 0.25) is 0 Å².